The van der Waals surface area contributed by atoms with Crippen LogP contribution in [0.15, 0.2) is 66.9 Å². The van der Waals surface area contributed by atoms with Crippen molar-refractivity contribution < 1.29 is 28.6 Å². The number of imidazole rings is 1. The van der Waals surface area contributed by atoms with E-state index in [2.05, 4.69) is 19.9 Å². The van der Waals surface area contributed by atoms with Crippen molar-refractivity contribution in [2.75, 3.05) is 32.2 Å². The van der Waals surface area contributed by atoms with Crippen LogP contribution in [0.4, 0.5) is 10.3 Å². The van der Waals surface area contributed by atoms with Crippen LogP contribution in [0, 0.1) is 11.2 Å². The summed E-state index contributed by atoms with van der Waals surface area (Å²) in [7, 11) is 3.67. The van der Waals surface area contributed by atoms with Crippen LogP contribution in [0.3, 0.4) is 0 Å². The molecule has 4 aromatic rings. The van der Waals surface area contributed by atoms with Gasteiger partial charge in [-0.3, -0.25) is 9.59 Å². The van der Waals surface area contributed by atoms with Crippen LogP contribution >= 0.6 is 0 Å². The highest BCUT2D eigenvalue weighted by atomic mass is 19.1. The van der Waals surface area contributed by atoms with E-state index in [1.807, 2.05) is 20.2 Å². The molecule has 0 radical (unpaired) electrons. The first kappa shape index (κ1) is 28.3. The summed E-state index contributed by atoms with van der Waals surface area (Å²) in [6.45, 7) is 1.52. The van der Waals surface area contributed by atoms with Crippen LogP contribution in [-0.2, 0) is 14.3 Å². The normalized spacial score (nSPS) is 18.4. The molecular weight excluding hydrogens is 519 g/mol. The number of aromatic nitrogens is 4. The molecule has 3 heterocycles. The Morgan fingerprint density at radius 3 is 2.25 bits per heavy atom. The molecule has 0 unspecified atom stereocenters. The Morgan fingerprint density at radius 2 is 1.70 bits per heavy atom. The van der Waals surface area contributed by atoms with E-state index in [1.54, 1.807) is 60.5 Å². The largest absolute Gasteiger partial charge is 0.481 e. The highest BCUT2D eigenvalue weighted by Gasteiger charge is 2.41. The van der Waals surface area contributed by atoms with Crippen LogP contribution < -0.4 is 10.6 Å². The van der Waals surface area contributed by atoms with E-state index in [4.69, 9.17) is 15.2 Å². The van der Waals surface area contributed by atoms with Crippen molar-refractivity contribution in [1.29, 1.82) is 0 Å². The van der Waals surface area contributed by atoms with Gasteiger partial charge in [-0.15, -0.1) is 0 Å². The molecule has 0 bridgehead atoms. The standard InChI is InChI=1S/C21H22FN5O4.C7H7NO/c1-21(19(28)29)10-30-18(31-11-21)17-25-15(12-4-6-13(22)7-5-12)16(26-17)14-8-9-23-20(24-14)27(2)3;8-7(9)6-4-2-1-3-5-6/h4-9,18H,10-11H2,1-3H3,(H,25,26)(H,28,29);1-5H,(H2,8,9). The second-order valence-electron chi connectivity index (χ2n) is 9.54. The first-order valence-electron chi connectivity index (χ1n) is 12.3. The lowest BCUT2D eigenvalue weighted by Crippen LogP contribution is -2.42. The molecule has 2 aromatic heterocycles. The molecule has 1 fully saturated rings. The zero-order valence-corrected chi connectivity index (χ0v) is 22.2. The number of hydrogen-bond acceptors (Lipinski definition) is 8. The molecule has 1 amide bonds. The number of nitrogens with one attached hydrogen (secondary N) is 1. The van der Waals surface area contributed by atoms with Crippen molar-refractivity contribution >= 4 is 17.8 Å². The maximum absolute atomic E-state index is 13.5. The SMILES string of the molecule is CN(C)c1nccc(-c2[nH]c(C3OCC(C)(C(=O)O)CO3)nc2-c2ccc(F)cc2)n1.NC(=O)c1ccccc1. The maximum Gasteiger partial charge on any atom is 0.314 e. The number of anilines is 1. The summed E-state index contributed by atoms with van der Waals surface area (Å²) in [6.07, 6.45) is 0.772. The summed E-state index contributed by atoms with van der Waals surface area (Å²) in [5.41, 5.74) is 6.79. The molecule has 5 rings (SSSR count). The molecule has 0 saturated carbocycles. The molecule has 0 spiro atoms. The van der Waals surface area contributed by atoms with Crippen molar-refractivity contribution in [3.63, 3.8) is 0 Å². The highest BCUT2D eigenvalue weighted by Crippen LogP contribution is 2.35. The molecular formula is C28H29FN6O5. The number of carbonyl (C=O) groups excluding carboxylic acids is 1. The fourth-order valence-electron chi connectivity index (χ4n) is 3.70. The number of halogens is 1. The fraction of sp³-hybridized carbons (Fsp3) is 0.250. The Bertz CT molecular complexity index is 1470. The van der Waals surface area contributed by atoms with E-state index in [1.165, 1.54) is 12.1 Å². The lowest BCUT2D eigenvalue weighted by Gasteiger charge is -2.33. The minimum Gasteiger partial charge on any atom is -0.481 e. The molecule has 4 N–H and O–H groups in total. The number of amides is 1. The van der Waals surface area contributed by atoms with Gasteiger partial charge in [-0.1, -0.05) is 18.2 Å². The van der Waals surface area contributed by atoms with Gasteiger partial charge in [-0.2, -0.15) is 0 Å². The number of nitrogens with two attached hydrogens (primary N) is 1. The molecule has 1 aliphatic rings. The first-order valence-corrected chi connectivity index (χ1v) is 12.3. The predicted octanol–water partition coefficient (Wildman–Crippen LogP) is 3.66. The van der Waals surface area contributed by atoms with Crippen LogP contribution in [0.1, 0.15) is 29.4 Å². The maximum atomic E-state index is 13.5. The van der Waals surface area contributed by atoms with E-state index < -0.39 is 17.7 Å². The van der Waals surface area contributed by atoms with E-state index >= 15 is 0 Å². The summed E-state index contributed by atoms with van der Waals surface area (Å²) < 4.78 is 24.8. The Morgan fingerprint density at radius 1 is 1.05 bits per heavy atom. The van der Waals surface area contributed by atoms with Gasteiger partial charge in [0.15, 0.2) is 5.82 Å². The van der Waals surface area contributed by atoms with Gasteiger partial charge in [0.25, 0.3) is 0 Å². The highest BCUT2D eigenvalue weighted by molar-refractivity contribution is 5.92. The quantitative estimate of drug-likeness (QED) is 0.327. The van der Waals surface area contributed by atoms with Gasteiger partial charge in [-0.05, 0) is 49.4 Å². The van der Waals surface area contributed by atoms with Gasteiger partial charge in [0, 0.05) is 31.4 Å². The summed E-state index contributed by atoms with van der Waals surface area (Å²) in [4.78, 5) is 40.2. The number of nitrogens with zero attached hydrogens (tertiary/aromatic N) is 4. The Balaban J connectivity index is 0.000000350. The van der Waals surface area contributed by atoms with Gasteiger partial charge in [-0.25, -0.2) is 19.3 Å². The number of carboxylic acid groups (broad SMARTS) is 1. The molecule has 208 valence electrons. The lowest BCUT2D eigenvalue weighted by atomic mass is 9.92. The topological polar surface area (TPSA) is 157 Å². The van der Waals surface area contributed by atoms with E-state index in [9.17, 15) is 19.1 Å². The van der Waals surface area contributed by atoms with Crippen molar-refractivity contribution in [3.05, 3.63) is 84.1 Å². The lowest BCUT2D eigenvalue weighted by molar-refractivity contribution is -0.236. The third kappa shape index (κ3) is 6.47. The Labute approximate surface area is 229 Å². The summed E-state index contributed by atoms with van der Waals surface area (Å²) in [5.74, 6) is -0.844. The average molecular weight is 549 g/mol. The Hall–Kier alpha value is -4.68. The number of ether oxygens (including phenoxy) is 2. The summed E-state index contributed by atoms with van der Waals surface area (Å²) >= 11 is 0. The summed E-state index contributed by atoms with van der Waals surface area (Å²) in [6, 6.07) is 16.4. The van der Waals surface area contributed by atoms with Crippen molar-refractivity contribution in [3.8, 4) is 22.6 Å². The number of primary amides is 1. The number of H-pyrrole nitrogens is 1. The third-order valence-electron chi connectivity index (χ3n) is 6.04. The zero-order valence-electron chi connectivity index (χ0n) is 22.2. The predicted molar refractivity (Wildman–Crippen MR) is 145 cm³/mol. The van der Waals surface area contributed by atoms with Gasteiger partial charge >= 0.3 is 5.97 Å². The third-order valence-corrected chi connectivity index (χ3v) is 6.04. The second kappa shape index (κ2) is 12.0. The summed E-state index contributed by atoms with van der Waals surface area (Å²) in [5, 5.41) is 9.36. The smallest absolute Gasteiger partial charge is 0.314 e. The molecule has 0 aliphatic carbocycles. The van der Waals surface area contributed by atoms with Crippen LogP contribution in [-0.4, -0.2) is 64.2 Å². The molecule has 11 nitrogen and oxygen atoms in total. The van der Waals surface area contributed by atoms with Gasteiger partial charge in [0.05, 0.1) is 30.3 Å². The van der Waals surface area contributed by atoms with E-state index in [-0.39, 0.29) is 24.9 Å². The van der Waals surface area contributed by atoms with Gasteiger partial charge in [0.1, 0.15) is 11.2 Å². The number of carbonyl (C=O) groups is 2. The van der Waals surface area contributed by atoms with Crippen LogP contribution in [0.25, 0.3) is 22.6 Å². The number of aromatic amines is 1. The van der Waals surface area contributed by atoms with E-state index in [0.717, 1.165) is 0 Å². The van der Waals surface area contributed by atoms with Gasteiger partial charge in [0.2, 0.25) is 18.1 Å². The number of aliphatic carboxylic acids is 1. The molecule has 1 saturated heterocycles. The zero-order chi connectivity index (χ0) is 28.9. The monoisotopic (exact) mass is 548 g/mol. The van der Waals surface area contributed by atoms with E-state index in [0.29, 0.717) is 40.0 Å². The van der Waals surface area contributed by atoms with Crippen LogP contribution in [0.5, 0.6) is 0 Å². The number of carboxylic acids is 1. The molecule has 40 heavy (non-hydrogen) atoms. The number of rotatable bonds is 6. The minimum atomic E-state index is -1.13. The van der Waals surface area contributed by atoms with Gasteiger partial charge < -0.3 is 30.2 Å². The minimum absolute atomic E-state index is 0.0206. The first-order chi connectivity index (χ1) is 19.1. The van der Waals surface area contributed by atoms with Crippen molar-refractivity contribution in [1.82, 2.24) is 19.9 Å². The van der Waals surface area contributed by atoms with Crippen LogP contribution in [0.2, 0.25) is 0 Å². The van der Waals surface area contributed by atoms with Crippen molar-refractivity contribution in [2.24, 2.45) is 11.1 Å². The molecule has 2 aromatic carbocycles. The molecule has 0 atom stereocenters. The fourth-order valence-corrected chi connectivity index (χ4v) is 3.70. The van der Waals surface area contributed by atoms with Crippen molar-refractivity contribution in [2.45, 2.75) is 13.2 Å². The number of hydrogen-bond donors (Lipinski definition) is 3. The molecule has 1 aliphatic heterocycles. The molecule has 12 heteroatoms. The average Bonchev–Trinajstić information content (AvgIpc) is 3.40. The second-order valence-corrected chi connectivity index (χ2v) is 9.54. The number of benzene rings is 2. The Kier molecular flexibility index (Phi) is 8.51.